The Balaban J connectivity index is 2.09. The third-order valence-electron chi connectivity index (χ3n) is 3.37. The van der Waals surface area contributed by atoms with E-state index in [0.717, 1.165) is 19.3 Å². The van der Waals surface area contributed by atoms with Gasteiger partial charge in [-0.3, -0.25) is 4.79 Å². The minimum absolute atomic E-state index is 0.131. The molecule has 12 heavy (non-hydrogen) atoms. The van der Waals surface area contributed by atoms with Crippen molar-refractivity contribution in [3.8, 4) is 0 Å². The quantitative estimate of drug-likeness (QED) is 0.675. The van der Waals surface area contributed by atoms with Crippen molar-refractivity contribution in [1.29, 1.82) is 0 Å². The first-order valence-electron chi connectivity index (χ1n) is 4.48. The van der Waals surface area contributed by atoms with E-state index in [1.54, 1.807) is 7.11 Å². The van der Waals surface area contributed by atoms with E-state index in [2.05, 4.69) is 0 Å². The van der Waals surface area contributed by atoms with Crippen LogP contribution in [0.5, 0.6) is 0 Å². The molecule has 0 spiro atoms. The number of hydrogen-bond acceptors (Lipinski definition) is 2. The molecule has 2 saturated carbocycles. The lowest BCUT2D eigenvalue weighted by atomic mass is 9.87. The topological polar surface area (TPSA) is 46.5 Å². The van der Waals surface area contributed by atoms with Crippen LogP contribution in [0.25, 0.3) is 0 Å². The second-order valence-corrected chi connectivity index (χ2v) is 3.96. The number of aliphatic carboxylic acids is 1. The van der Waals surface area contributed by atoms with Crippen LogP contribution in [0.15, 0.2) is 0 Å². The zero-order chi connectivity index (χ0) is 8.72. The Hall–Kier alpha value is -0.570. The van der Waals surface area contributed by atoms with E-state index >= 15 is 0 Å². The highest BCUT2D eigenvalue weighted by Crippen LogP contribution is 2.49. The molecule has 1 N–H and O–H groups in total. The molecule has 0 aromatic carbocycles. The molecule has 4 atom stereocenters. The van der Waals surface area contributed by atoms with Crippen LogP contribution in [-0.4, -0.2) is 24.3 Å². The first-order chi connectivity index (χ1) is 5.72. The lowest BCUT2D eigenvalue weighted by Crippen LogP contribution is -2.31. The SMILES string of the molecule is COC1CC2CC(C(=O)O)C1C2. The number of carboxylic acid groups (broad SMARTS) is 1. The summed E-state index contributed by atoms with van der Waals surface area (Å²) in [5.74, 6) is 0.136. The Morgan fingerprint density at radius 2 is 2.17 bits per heavy atom. The van der Waals surface area contributed by atoms with Gasteiger partial charge in [-0.15, -0.1) is 0 Å². The summed E-state index contributed by atoms with van der Waals surface area (Å²) in [6.45, 7) is 0. The van der Waals surface area contributed by atoms with E-state index in [9.17, 15) is 4.79 Å². The number of methoxy groups -OCH3 is 1. The molecule has 0 heterocycles. The molecule has 3 heteroatoms. The maximum absolute atomic E-state index is 10.8. The second-order valence-electron chi connectivity index (χ2n) is 3.96. The van der Waals surface area contributed by atoms with Gasteiger partial charge in [-0.25, -0.2) is 0 Å². The fraction of sp³-hybridized carbons (Fsp3) is 0.889. The molecule has 0 aromatic rings. The lowest BCUT2D eigenvalue weighted by molar-refractivity contribution is -0.145. The summed E-state index contributed by atoms with van der Waals surface area (Å²) in [4.78, 5) is 10.8. The van der Waals surface area contributed by atoms with E-state index < -0.39 is 5.97 Å². The van der Waals surface area contributed by atoms with Crippen molar-refractivity contribution in [3.63, 3.8) is 0 Å². The molecule has 0 aliphatic heterocycles. The van der Waals surface area contributed by atoms with Gasteiger partial charge in [0, 0.05) is 7.11 Å². The molecule has 68 valence electrons. The highest BCUT2D eigenvalue weighted by atomic mass is 16.5. The number of fused-ring (bicyclic) bond motifs is 2. The minimum Gasteiger partial charge on any atom is -0.481 e. The Labute approximate surface area is 71.7 Å². The fourth-order valence-corrected chi connectivity index (χ4v) is 2.84. The molecule has 0 aromatic heterocycles. The van der Waals surface area contributed by atoms with E-state index in [1.165, 1.54) is 0 Å². The van der Waals surface area contributed by atoms with Gasteiger partial charge in [0.15, 0.2) is 0 Å². The van der Waals surface area contributed by atoms with E-state index in [-0.39, 0.29) is 17.9 Å². The Bertz CT molecular complexity index is 202. The van der Waals surface area contributed by atoms with Crippen molar-refractivity contribution in [3.05, 3.63) is 0 Å². The van der Waals surface area contributed by atoms with Crippen LogP contribution in [0.3, 0.4) is 0 Å². The summed E-state index contributed by atoms with van der Waals surface area (Å²) in [6, 6.07) is 0. The Kier molecular flexibility index (Phi) is 1.83. The van der Waals surface area contributed by atoms with E-state index in [1.807, 2.05) is 0 Å². The lowest BCUT2D eigenvalue weighted by Gasteiger charge is -2.25. The first-order valence-corrected chi connectivity index (χ1v) is 4.48. The highest BCUT2D eigenvalue weighted by Gasteiger charge is 2.49. The highest BCUT2D eigenvalue weighted by molar-refractivity contribution is 5.71. The molecule has 2 bridgehead atoms. The van der Waals surface area contributed by atoms with Crippen molar-refractivity contribution >= 4 is 5.97 Å². The van der Waals surface area contributed by atoms with Gasteiger partial charge >= 0.3 is 5.97 Å². The summed E-state index contributed by atoms with van der Waals surface area (Å²) in [7, 11) is 1.68. The summed E-state index contributed by atoms with van der Waals surface area (Å²) in [5, 5.41) is 8.89. The van der Waals surface area contributed by atoms with Gasteiger partial charge in [-0.05, 0) is 31.1 Å². The third kappa shape index (κ3) is 1.04. The van der Waals surface area contributed by atoms with Crippen LogP contribution >= 0.6 is 0 Å². The predicted octanol–water partition coefficient (Wildman–Crippen LogP) is 1.13. The van der Waals surface area contributed by atoms with E-state index in [0.29, 0.717) is 5.92 Å². The van der Waals surface area contributed by atoms with Gasteiger partial charge in [-0.1, -0.05) is 0 Å². The average Bonchev–Trinajstić information content (AvgIpc) is 2.60. The summed E-state index contributed by atoms with van der Waals surface area (Å²) >= 11 is 0. The molecule has 0 saturated heterocycles. The maximum Gasteiger partial charge on any atom is 0.306 e. The second kappa shape index (κ2) is 2.73. The normalized spacial score (nSPS) is 45.1. The zero-order valence-electron chi connectivity index (χ0n) is 7.19. The number of rotatable bonds is 2. The van der Waals surface area contributed by atoms with Crippen molar-refractivity contribution in [2.45, 2.75) is 25.4 Å². The molecule has 3 nitrogen and oxygen atoms in total. The monoisotopic (exact) mass is 170 g/mol. The molecule has 2 rings (SSSR count). The van der Waals surface area contributed by atoms with E-state index in [4.69, 9.17) is 9.84 Å². The zero-order valence-corrected chi connectivity index (χ0v) is 7.19. The number of carboxylic acids is 1. The van der Waals surface area contributed by atoms with Gasteiger partial charge in [0.05, 0.1) is 12.0 Å². The predicted molar refractivity (Wildman–Crippen MR) is 42.8 cm³/mol. The van der Waals surface area contributed by atoms with Crippen LogP contribution in [-0.2, 0) is 9.53 Å². The van der Waals surface area contributed by atoms with Gasteiger partial charge in [0.2, 0.25) is 0 Å². The molecule has 0 radical (unpaired) electrons. The summed E-state index contributed by atoms with van der Waals surface area (Å²) in [5.41, 5.74) is 0. The Morgan fingerprint density at radius 1 is 1.42 bits per heavy atom. The Morgan fingerprint density at radius 3 is 2.67 bits per heavy atom. The molecule has 2 aliphatic carbocycles. The molecule has 2 fully saturated rings. The van der Waals surface area contributed by atoms with Gasteiger partial charge < -0.3 is 9.84 Å². The van der Waals surface area contributed by atoms with Gasteiger partial charge in [0.25, 0.3) is 0 Å². The fourth-order valence-electron chi connectivity index (χ4n) is 2.84. The van der Waals surface area contributed by atoms with Crippen LogP contribution in [0, 0.1) is 17.8 Å². The first kappa shape index (κ1) is 8.05. The molecule has 0 amide bonds. The molecular formula is C9H14O3. The van der Waals surface area contributed by atoms with Gasteiger partial charge in [-0.2, -0.15) is 0 Å². The van der Waals surface area contributed by atoms with Crippen LogP contribution in [0.2, 0.25) is 0 Å². The smallest absolute Gasteiger partial charge is 0.306 e. The molecule has 2 aliphatic rings. The standard InChI is InChI=1S/C9H14O3/c1-12-8-4-5-2-6(8)7(3-5)9(10)11/h5-8H,2-4H2,1H3,(H,10,11). The largest absolute Gasteiger partial charge is 0.481 e. The molecular weight excluding hydrogens is 156 g/mol. The average molecular weight is 170 g/mol. The van der Waals surface area contributed by atoms with Gasteiger partial charge in [0.1, 0.15) is 0 Å². The van der Waals surface area contributed by atoms with Crippen molar-refractivity contribution in [1.82, 2.24) is 0 Å². The van der Waals surface area contributed by atoms with Crippen LogP contribution < -0.4 is 0 Å². The number of hydrogen-bond donors (Lipinski definition) is 1. The number of ether oxygens (including phenoxy) is 1. The summed E-state index contributed by atoms with van der Waals surface area (Å²) < 4.78 is 5.26. The minimum atomic E-state index is -0.635. The van der Waals surface area contributed by atoms with Crippen molar-refractivity contribution < 1.29 is 14.6 Å². The van der Waals surface area contributed by atoms with Crippen LogP contribution in [0.4, 0.5) is 0 Å². The number of carbonyl (C=O) groups is 1. The maximum atomic E-state index is 10.8. The van der Waals surface area contributed by atoms with Crippen molar-refractivity contribution in [2.75, 3.05) is 7.11 Å². The van der Waals surface area contributed by atoms with Crippen LogP contribution in [0.1, 0.15) is 19.3 Å². The molecule has 4 unspecified atom stereocenters. The van der Waals surface area contributed by atoms with Crippen molar-refractivity contribution in [2.24, 2.45) is 17.8 Å². The third-order valence-corrected chi connectivity index (χ3v) is 3.37. The summed E-state index contributed by atoms with van der Waals surface area (Å²) in [6.07, 6.45) is 3.23.